The zero-order valence-electron chi connectivity index (χ0n) is 14.1. The van der Waals surface area contributed by atoms with Crippen molar-refractivity contribution in [3.05, 3.63) is 53.8 Å². The van der Waals surface area contributed by atoms with Crippen LogP contribution < -0.4 is 14.2 Å². The topological polar surface area (TPSA) is 64.6 Å². The van der Waals surface area contributed by atoms with E-state index in [4.69, 9.17) is 9.47 Å². The molecule has 0 atom stereocenters. The molecule has 0 bridgehead atoms. The standard InChI is InChI=1S/C18H20FNO4S/c1-23-15-7-8-17(16(11-15)24-2)25(21,22)20-12-18(9-10-18)13-3-5-14(19)6-4-13/h3-8,11,20H,9-10,12H2,1-2H3. The molecule has 1 saturated carbocycles. The van der Waals surface area contributed by atoms with E-state index in [2.05, 4.69) is 4.72 Å². The van der Waals surface area contributed by atoms with Gasteiger partial charge in [-0.3, -0.25) is 0 Å². The van der Waals surface area contributed by atoms with Crippen LogP contribution in [0.25, 0.3) is 0 Å². The van der Waals surface area contributed by atoms with E-state index in [0.717, 1.165) is 18.4 Å². The van der Waals surface area contributed by atoms with Crippen LogP contribution in [0.5, 0.6) is 11.5 Å². The second-order valence-electron chi connectivity index (χ2n) is 6.13. The van der Waals surface area contributed by atoms with Gasteiger partial charge in [0.05, 0.1) is 14.2 Å². The second-order valence-corrected chi connectivity index (χ2v) is 7.86. The van der Waals surface area contributed by atoms with Crippen molar-refractivity contribution in [2.24, 2.45) is 0 Å². The van der Waals surface area contributed by atoms with Crippen LogP contribution >= 0.6 is 0 Å². The molecular weight excluding hydrogens is 345 g/mol. The average molecular weight is 365 g/mol. The zero-order chi connectivity index (χ0) is 18.1. The van der Waals surface area contributed by atoms with E-state index < -0.39 is 10.0 Å². The Morgan fingerprint density at radius 3 is 2.32 bits per heavy atom. The average Bonchev–Trinajstić information content (AvgIpc) is 3.41. The van der Waals surface area contributed by atoms with Gasteiger partial charge in [0.1, 0.15) is 22.2 Å². The Kier molecular flexibility index (Phi) is 4.71. The third kappa shape index (κ3) is 3.62. The maximum absolute atomic E-state index is 13.1. The van der Waals surface area contributed by atoms with Crippen LogP contribution in [0.15, 0.2) is 47.4 Å². The SMILES string of the molecule is COc1ccc(S(=O)(=O)NCC2(c3ccc(F)cc3)CC2)c(OC)c1. The number of hydrogen-bond acceptors (Lipinski definition) is 4. The summed E-state index contributed by atoms with van der Waals surface area (Å²) < 4.78 is 51.4. The monoisotopic (exact) mass is 365 g/mol. The highest BCUT2D eigenvalue weighted by Crippen LogP contribution is 2.47. The molecule has 1 aliphatic carbocycles. The fraction of sp³-hybridized carbons (Fsp3) is 0.333. The molecule has 3 rings (SSSR count). The summed E-state index contributed by atoms with van der Waals surface area (Å²) in [4.78, 5) is 0.0608. The van der Waals surface area contributed by atoms with Crippen molar-refractivity contribution in [1.29, 1.82) is 0 Å². The summed E-state index contributed by atoms with van der Waals surface area (Å²) in [5, 5.41) is 0. The largest absolute Gasteiger partial charge is 0.497 e. The van der Waals surface area contributed by atoms with E-state index in [0.29, 0.717) is 5.75 Å². The molecular formula is C18H20FNO4S. The molecule has 1 fully saturated rings. The first kappa shape index (κ1) is 17.7. The van der Waals surface area contributed by atoms with Gasteiger partial charge in [0, 0.05) is 18.0 Å². The van der Waals surface area contributed by atoms with E-state index in [-0.39, 0.29) is 28.4 Å². The van der Waals surface area contributed by atoms with Crippen molar-refractivity contribution in [1.82, 2.24) is 4.72 Å². The Hall–Kier alpha value is -2.12. The van der Waals surface area contributed by atoms with Crippen LogP contribution in [-0.2, 0) is 15.4 Å². The predicted octanol–water partition coefficient (Wildman–Crippen LogP) is 2.85. The van der Waals surface area contributed by atoms with Crippen molar-refractivity contribution in [2.75, 3.05) is 20.8 Å². The third-order valence-electron chi connectivity index (χ3n) is 4.57. The van der Waals surface area contributed by atoms with Crippen molar-refractivity contribution in [3.63, 3.8) is 0 Å². The van der Waals surface area contributed by atoms with Crippen LogP contribution in [0.3, 0.4) is 0 Å². The number of halogens is 1. The van der Waals surface area contributed by atoms with E-state index in [1.165, 1.54) is 38.5 Å². The van der Waals surface area contributed by atoms with Gasteiger partial charge < -0.3 is 9.47 Å². The van der Waals surface area contributed by atoms with E-state index in [1.807, 2.05) is 0 Å². The Morgan fingerprint density at radius 2 is 1.76 bits per heavy atom. The Balaban J connectivity index is 1.79. The number of ether oxygens (including phenoxy) is 2. The molecule has 2 aromatic carbocycles. The molecule has 2 aromatic rings. The smallest absolute Gasteiger partial charge is 0.244 e. The lowest BCUT2D eigenvalue weighted by Gasteiger charge is -2.18. The third-order valence-corrected chi connectivity index (χ3v) is 6.01. The maximum atomic E-state index is 13.1. The van der Waals surface area contributed by atoms with Gasteiger partial charge in [-0.25, -0.2) is 17.5 Å². The molecule has 0 unspecified atom stereocenters. The van der Waals surface area contributed by atoms with Crippen LogP contribution in [0.4, 0.5) is 4.39 Å². The highest BCUT2D eigenvalue weighted by atomic mass is 32.2. The summed E-state index contributed by atoms with van der Waals surface area (Å²) in [7, 11) is -0.830. The van der Waals surface area contributed by atoms with Crippen LogP contribution in [0.2, 0.25) is 0 Å². The van der Waals surface area contributed by atoms with Gasteiger partial charge in [0.15, 0.2) is 0 Å². The molecule has 1 N–H and O–H groups in total. The minimum absolute atomic E-state index is 0.0608. The van der Waals surface area contributed by atoms with Crippen LogP contribution in [0, 0.1) is 5.82 Å². The minimum Gasteiger partial charge on any atom is -0.497 e. The van der Waals surface area contributed by atoms with Crippen LogP contribution in [-0.4, -0.2) is 29.2 Å². The molecule has 0 radical (unpaired) electrons. The number of hydrogen-bond donors (Lipinski definition) is 1. The van der Waals surface area contributed by atoms with Crippen molar-refractivity contribution >= 4 is 10.0 Å². The van der Waals surface area contributed by atoms with Gasteiger partial charge >= 0.3 is 0 Å². The number of methoxy groups -OCH3 is 2. The number of nitrogens with one attached hydrogen (secondary N) is 1. The molecule has 0 spiro atoms. The molecule has 1 aliphatic rings. The summed E-state index contributed by atoms with van der Waals surface area (Å²) in [6.07, 6.45) is 1.72. The zero-order valence-corrected chi connectivity index (χ0v) is 14.9. The highest BCUT2D eigenvalue weighted by molar-refractivity contribution is 7.89. The summed E-state index contributed by atoms with van der Waals surface area (Å²) in [5.41, 5.74) is 0.679. The molecule has 0 aromatic heterocycles. The first-order chi connectivity index (χ1) is 11.9. The molecule has 25 heavy (non-hydrogen) atoms. The first-order valence-corrected chi connectivity index (χ1v) is 9.36. The van der Waals surface area contributed by atoms with E-state index >= 15 is 0 Å². The first-order valence-electron chi connectivity index (χ1n) is 7.88. The van der Waals surface area contributed by atoms with Gasteiger partial charge in [-0.1, -0.05) is 12.1 Å². The molecule has 0 amide bonds. The summed E-state index contributed by atoms with van der Waals surface area (Å²) in [5.74, 6) is 0.433. The van der Waals surface area contributed by atoms with Gasteiger partial charge in [-0.15, -0.1) is 0 Å². The Morgan fingerprint density at radius 1 is 1.08 bits per heavy atom. The quantitative estimate of drug-likeness (QED) is 0.819. The molecule has 5 nitrogen and oxygen atoms in total. The Bertz CT molecular complexity index is 861. The van der Waals surface area contributed by atoms with E-state index in [9.17, 15) is 12.8 Å². The second kappa shape index (κ2) is 6.65. The lowest BCUT2D eigenvalue weighted by molar-refractivity contribution is 0.386. The van der Waals surface area contributed by atoms with Crippen molar-refractivity contribution < 1.29 is 22.3 Å². The van der Waals surface area contributed by atoms with Gasteiger partial charge in [-0.2, -0.15) is 0 Å². The number of benzene rings is 2. The van der Waals surface area contributed by atoms with Gasteiger partial charge in [0.25, 0.3) is 0 Å². The lowest BCUT2D eigenvalue weighted by atomic mass is 9.96. The molecule has 0 aliphatic heterocycles. The minimum atomic E-state index is -3.74. The molecule has 0 heterocycles. The maximum Gasteiger partial charge on any atom is 0.244 e. The lowest BCUT2D eigenvalue weighted by Crippen LogP contribution is -2.32. The fourth-order valence-corrected chi connectivity index (χ4v) is 4.11. The summed E-state index contributed by atoms with van der Waals surface area (Å²) in [6.45, 7) is 0.260. The normalized spacial score (nSPS) is 15.6. The number of rotatable bonds is 7. The van der Waals surface area contributed by atoms with E-state index in [1.54, 1.807) is 18.2 Å². The highest BCUT2D eigenvalue weighted by Gasteiger charge is 2.45. The van der Waals surface area contributed by atoms with Crippen molar-refractivity contribution in [2.45, 2.75) is 23.2 Å². The fourth-order valence-electron chi connectivity index (χ4n) is 2.83. The molecule has 134 valence electrons. The molecule has 7 heteroatoms. The summed E-state index contributed by atoms with van der Waals surface area (Å²) >= 11 is 0. The number of sulfonamides is 1. The van der Waals surface area contributed by atoms with Gasteiger partial charge in [-0.05, 0) is 42.7 Å². The summed E-state index contributed by atoms with van der Waals surface area (Å²) in [6, 6.07) is 10.8. The predicted molar refractivity (Wildman–Crippen MR) is 92.0 cm³/mol. The van der Waals surface area contributed by atoms with Crippen LogP contribution in [0.1, 0.15) is 18.4 Å². The Labute approximate surface area is 146 Å². The molecule has 0 saturated heterocycles. The van der Waals surface area contributed by atoms with Gasteiger partial charge in [0.2, 0.25) is 10.0 Å². The van der Waals surface area contributed by atoms with Crippen molar-refractivity contribution in [3.8, 4) is 11.5 Å².